The minimum absolute atomic E-state index is 0.155. The molecule has 0 spiro atoms. The van der Waals surface area contributed by atoms with Gasteiger partial charge in [-0.1, -0.05) is 0 Å². The van der Waals surface area contributed by atoms with Crippen molar-refractivity contribution in [3.05, 3.63) is 0 Å². The van der Waals surface area contributed by atoms with E-state index >= 15 is 0 Å². The lowest BCUT2D eigenvalue weighted by Crippen LogP contribution is -2.35. The van der Waals surface area contributed by atoms with Crippen LogP contribution in [0, 0.1) is 0 Å². The SMILES string of the molecule is CNC[C@H]1COC(=O)N1. The van der Waals surface area contributed by atoms with Crippen molar-refractivity contribution in [1.29, 1.82) is 0 Å². The molecule has 4 nitrogen and oxygen atoms in total. The monoisotopic (exact) mass is 130 g/mol. The van der Waals surface area contributed by atoms with Gasteiger partial charge in [0.2, 0.25) is 0 Å². The minimum Gasteiger partial charge on any atom is -0.447 e. The third kappa shape index (κ3) is 1.57. The Bertz CT molecular complexity index is 116. The largest absolute Gasteiger partial charge is 0.447 e. The van der Waals surface area contributed by atoms with Crippen molar-refractivity contribution < 1.29 is 9.53 Å². The number of cyclic esters (lactones) is 1. The molecule has 4 heteroatoms. The maximum atomic E-state index is 10.4. The first-order valence-corrected chi connectivity index (χ1v) is 2.91. The van der Waals surface area contributed by atoms with Gasteiger partial charge in [-0.3, -0.25) is 0 Å². The molecule has 1 aliphatic heterocycles. The summed E-state index contributed by atoms with van der Waals surface area (Å²) in [5, 5.41) is 5.57. The number of carbonyl (C=O) groups is 1. The summed E-state index contributed by atoms with van der Waals surface area (Å²) < 4.78 is 4.63. The number of alkyl carbamates (subject to hydrolysis) is 1. The summed E-state index contributed by atoms with van der Waals surface area (Å²) in [5.74, 6) is 0. The summed E-state index contributed by atoms with van der Waals surface area (Å²) in [6, 6.07) is 0.155. The van der Waals surface area contributed by atoms with E-state index in [2.05, 4.69) is 15.4 Å². The van der Waals surface area contributed by atoms with Crippen LogP contribution in [0.4, 0.5) is 4.79 Å². The van der Waals surface area contributed by atoms with Crippen molar-refractivity contribution in [3.63, 3.8) is 0 Å². The predicted octanol–water partition coefficient (Wildman–Crippen LogP) is -0.686. The Morgan fingerprint density at radius 2 is 2.78 bits per heavy atom. The van der Waals surface area contributed by atoms with Gasteiger partial charge in [-0.25, -0.2) is 4.79 Å². The molecule has 0 aromatic rings. The molecule has 1 amide bonds. The van der Waals surface area contributed by atoms with Crippen LogP contribution in [0.3, 0.4) is 0 Å². The second kappa shape index (κ2) is 2.68. The van der Waals surface area contributed by atoms with E-state index in [9.17, 15) is 4.79 Å². The third-order valence-corrected chi connectivity index (χ3v) is 1.19. The van der Waals surface area contributed by atoms with Crippen molar-refractivity contribution >= 4 is 6.09 Å². The Morgan fingerprint density at radius 3 is 3.22 bits per heavy atom. The summed E-state index contributed by atoms with van der Waals surface area (Å²) in [6.45, 7) is 1.26. The van der Waals surface area contributed by atoms with Gasteiger partial charge in [0.15, 0.2) is 0 Å². The quantitative estimate of drug-likeness (QED) is 0.520. The molecule has 0 aliphatic carbocycles. The van der Waals surface area contributed by atoms with Crippen LogP contribution in [0.5, 0.6) is 0 Å². The van der Waals surface area contributed by atoms with Crippen molar-refractivity contribution in [1.82, 2.24) is 10.6 Å². The van der Waals surface area contributed by atoms with Crippen LogP contribution >= 0.6 is 0 Å². The van der Waals surface area contributed by atoms with Crippen molar-refractivity contribution in [2.75, 3.05) is 20.2 Å². The molecule has 0 aromatic carbocycles. The molecule has 0 saturated carbocycles. The summed E-state index contributed by atoms with van der Waals surface area (Å²) in [6.07, 6.45) is -0.310. The first-order valence-electron chi connectivity index (χ1n) is 2.91. The van der Waals surface area contributed by atoms with Crippen LogP contribution in [0.15, 0.2) is 0 Å². The first kappa shape index (κ1) is 6.35. The predicted molar refractivity (Wildman–Crippen MR) is 32.2 cm³/mol. The Labute approximate surface area is 53.6 Å². The van der Waals surface area contributed by atoms with Crippen LogP contribution in [0.2, 0.25) is 0 Å². The summed E-state index contributed by atoms with van der Waals surface area (Å²) in [4.78, 5) is 10.4. The number of rotatable bonds is 2. The maximum Gasteiger partial charge on any atom is 0.407 e. The second-order valence-electron chi connectivity index (χ2n) is 2.00. The Balaban J connectivity index is 2.22. The van der Waals surface area contributed by atoms with E-state index in [0.29, 0.717) is 6.61 Å². The number of ether oxygens (including phenoxy) is 1. The van der Waals surface area contributed by atoms with Gasteiger partial charge in [0, 0.05) is 6.54 Å². The summed E-state index contributed by atoms with van der Waals surface area (Å²) >= 11 is 0. The number of hydrogen-bond donors (Lipinski definition) is 2. The van der Waals surface area contributed by atoms with E-state index in [1.54, 1.807) is 0 Å². The highest BCUT2D eigenvalue weighted by Gasteiger charge is 2.20. The van der Waals surface area contributed by atoms with E-state index in [4.69, 9.17) is 0 Å². The molecule has 1 atom stereocenters. The highest BCUT2D eigenvalue weighted by Crippen LogP contribution is 1.94. The van der Waals surface area contributed by atoms with Gasteiger partial charge in [-0.15, -0.1) is 0 Å². The first-order chi connectivity index (χ1) is 4.33. The lowest BCUT2D eigenvalue weighted by molar-refractivity contribution is 0.177. The molecule has 2 N–H and O–H groups in total. The van der Waals surface area contributed by atoms with Gasteiger partial charge in [0.1, 0.15) is 6.61 Å². The molecule has 0 bridgehead atoms. The fourth-order valence-corrected chi connectivity index (χ4v) is 0.783. The summed E-state index contributed by atoms with van der Waals surface area (Å²) in [5.41, 5.74) is 0. The van der Waals surface area contributed by atoms with Gasteiger partial charge in [-0.05, 0) is 7.05 Å². The number of nitrogens with one attached hydrogen (secondary N) is 2. The zero-order chi connectivity index (χ0) is 6.69. The van der Waals surface area contributed by atoms with Crippen LogP contribution in [-0.2, 0) is 4.74 Å². The van der Waals surface area contributed by atoms with Gasteiger partial charge >= 0.3 is 6.09 Å². The number of hydrogen-bond acceptors (Lipinski definition) is 3. The van der Waals surface area contributed by atoms with Crippen LogP contribution in [0.1, 0.15) is 0 Å². The van der Waals surface area contributed by atoms with Gasteiger partial charge in [0.25, 0.3) is 0 Å². The van der Waals surface area contributed by atoms with E-state index in [1.807, 2.05) is 7.05 Å². The van der Waals surface area contributed by atoms with Gasteiger partial charge < -0.3 is 15.4 Å². The highest BCUT2D eigenvalue weighted by atomic mass is 16.6. The lowest BCUT2D eigenvalue weighted by atomic mass is 10.3. The topological polar surface area (TPSA) is 50.4 Å². The van der Waals surface area contributed by atoms with E-state index in [-0.39, 0.29) is 12.1 Å². The van der Waals surface area contributed by atoms with E-state index < -0.39 is 0 Å². The number of amides is 1. The Morgan fingerprint density at radius 1 is 2.00 bits per heavy atom. The number of likely N-dealkylation sites (N-methyl/N-ethyl adjacent to an activating group) is 1. The fraction of sp³-hybridized carbons (Fsp3) is 0.800. The normalized spacial score (nSPS) is 25.4. The molecule has 0 aromatic heterocycles. The molecular weight excluding hydrogens is 120 g/mol. The Hall–Kier alpha value is -0.770. The zero-order valence-electron chi connectivity index (χ0n) is 5.31. The molecule has 1 fully saturated rings. The van der Waals surface area contributed by atoms with Crippen LogP contribution < -0.4 is 10.6 Å². The second-order valence-corrected chi connectivity index (χ2v) is 2.00. The van der Waals surface area contributed by atoms with Gasteiger partial charge in [0.05, 0.1) is 6.04 Å². The lowest BCUT2D eigenvalue weighted by Gasteiger charge is -2.03. The van der Waals surface area contributed by atoms with E-state index in [1.165, 1.54) is 0 Å². The molecule has 1 heterocycles. The standard InChI is InChI=1S/C5H10N2O2/c1-6-2-4-3-9-5(8)7-4/h4,6H,2-3H2,1H3,(H,7,8)/t4-/m0/s1. The zero-order valence-corrected chi connectivity index (χ0v) is 5.31. The van der Waals surface area contributed by atoms with Crippen LogP contribution in [-0.4, -0.2) is 32.3 Å². The molecule has 0 radical (unpaired) electrons. The van der Waals surface area contributed by atoms with Crippen molar-refractivity contribution in [2.24, 2.45) is 0 Å². The van der Waals surface area contributed by atoms with Crippen molar-refractivity contribution in [2.45, 2.75) is 6.04 Å². The summed E-state index contributed by atoms with van der Waals surface area (Å²) in [7, 11) is 1.84. The Kier molecular flexibility index (Phi) is 1.89. The molecule has 1 rings (SSSR count). The van der Waals surface area contributed by atoms with Gasteiger partial charge in [-0.2, -0.15) is 0 Å². The average molecular weight is 130 g/mol. The highest BCUT2D eigenvalue weighted by molar-refractivity contribution is 5.69. The van der Waals surface area contributed by atoms with Crippen LogP contribution in [0.25, 0.3) is 0 Å². The molecular formula is C5H10N2O2. The fourth-order valence-electron chi connectivity index (χ4n) is 0.783. The minimum atomic E-state index is -0.310. The molecule has 1 aliphatic rings. The molecule has 52 valence electrons. The number of carbonyl (C=O) groups excluding carboxylic acids is 1. The smallest absolute Gasteiger partial charge is 0.407 e. The van der Waals surface area contributed by atoms with Crippen molar-refractivity contribution in [3.8, 4) is 0 Å². The van der Waals surface area contributed by atoms with E-state index in [0.717, 1.165) is 6.54 Å². The average Bonchev–Trinajstić information content (AvgIpc) is 2.17. The third-order valence-electron chi connectivity index (χ3n) is 1.19. The maximum absolute atomic E-state index is 10.4. The molecule has 9 heavy (non-hydrogen) atoms. The molecule has 0 unspecified atom stereocenters. The molecule has 1 saturated heterocycles.